The molecule has 32 heavy (non-hydrogen) atoms. The lowest BCUT2D eigenvalue weighted by Crippen LogP contribution is -2.28. The molecule has 3 rings (SSSR count). The highest BCUT2D eigenvalue weighted by Gasteiger charge is 2.26. The van der Waals surface area contributed by atoms with E-state index < -0.39 is 10.0 Å². The molecule has 0 atom stereocenters. The van der Waals surface area contributed by atoms with Crippen molar-refractivity contribution in [2.75, 3.05) is 6.54 Å². The average molecular weight is 457 g/mol. The Kier molecular flexibility index (Phi) is 7.40. The van der Waals surface area contributed by atoms with Gasteiger partial charge < -0.3 is 0 Å². The predicted molar refractivity (Wildman–Crippen MR) is 130 cm³/mol. The fraction of sp³-hybridized carbons (Fsp3) is 0.520. The molecule has 0 saturated heterocycles. The van der Waals surface area contributed by atoms with Crippen LogP contribution in [0.4, 0.5) is 0 Å². The second kappa shape index (κ2) is 9.71. The van der Waals surface area contributed by atoms with Crippen LogP contribution in [-0.2, 0) is 16.4 Å². The van der Waals surface area contributed by atoms with Crippen molar-refractivity contribution >= 4 is 15.7 Å². The van der Waals surface area contributed by atoms with Crippen molar-refractivity contribution in [3.63, 3.8) is 0 Å². The van der Waals surface area contributed by atoms with E-state index in [1.54, 1.807) is 4.52 Å². The Morgan fingerprint density at radius 3 is 2.16 bits per heavy atom. The molecule has 7 heteroatoms. The Morgan fingerprint density at radius 1 is 0.969 bits per heavy atom. The number of aromatic nitrogens is 3. The number of hydrogen-bond donors (Lipinski definition) is 1. The number of nitrogens with zero attached hydrogens (tertiary/aromatic N) is 3. The van der Waals surface area contributed by atoms with E-state index in [2.05, 4.69) is 68.5 Å². The van der Waals surface area contributed by atoms with Crippen molar-refractivity contribution < 1.29 is 8.42 Å². The van der Waals surface area contributed by atoms with E-state index in [9.17, 15) is 8.42 Å². The van der Waals surface area contributed by atoms with Crippen LogP contribution in [0.5, 0.6) is 0 Å². The topological polar surface area (TPSA) is 76.4 Å². The Labute approximate surface area is 192 Å². The highest BCUT2D eigenvalue weighted by Crippen LogP contribution is 2.35. The third-order valence-electron chi connectivity index (χ3n) is 5.77. The van der Waals surface area contributed by atoms with Crippen LogP contribution >= 0.6 is 0 Å². The van der Waals surface area contributed by atoms with Crippen molar-refractivity contribution in [1.29, 1.82) is 0 Å². The number of benzene rings is 1. The van der Waals surface area contributed by atoms with Gasteiger partial charge in [-0.05, 0) is 59.8 Å². The first-order valence-electron chi connectivity index (χ1n) is 11.5. The van der Waals surface area contributed by atoms with Crippen molar-refractivity contribution in [3.05, 3.63) is 58.5 Å². The molecule has 0 radical (unpaired) electrons. The van der Waals surface area contributed by atoms with Gasteiger partial charge in [-0.15, -0.1) is 0 Å². The lowest BCUT2D eigenvalue weighted by Gasteiger charge is -2.23. The number of fused-ring (bicyclic) bond motifs is 1. The molecule has 0 bridgehead atoms. The van der Waals surface area contributed by atoms with Gasteiger partial charge in [0.05, 0.1) is 10.6 Å². The molecule has 1 N–H and O–H groups in total. The van der Waals surface area contributed by atoms with Gasteiger partial charge in [0.2, 0.25) is 10.0 Å². The van der Waals surface area contributed by atoms with Crippen molar-refractivity contribution in [2.45, 2.75) is 84.0 Å². The summed E-state index contributed by atoms with van der Waals surface area (Å²) in [5, 5.41) is 4.40. The van der Waals surface area contributed by atoms with Gasteiger partial charge in [0, 0.05) is 25.0 Å². The molecule has 2 heterocycles. The number of sulfonamides is 1. The highest BCUT2D eigenvalue weighted by atomic mass is 32.2. The van der Waals surface area contributed by atoms with Gasteiger partial charge in [0.25, 0.3) is 0 Å². The summed E-state index contributed by atoms with van der Waals surface area (Å²) in [5.74, 6) is 0.584. The molecule has 0 aliphatic carbocycles. The summed E-state index contributed by atoms with van der Waals surface area (Å²) in [7, 11) is -3.62. The maximum Gasteiger partial charge on any atom is 0.241 e. The minimum atomic E-state index is -3.62. The molecule has 3 aromatic rings. The molecule has 0 fully saturated rings. The first kappa shape index (κ1) is 24.4. The molecule has 0 spiro atoms. The van der Waals surface area contributed by atoms with E-state index in [1.165, 1.54) is 5.56 Å². The summed E-state index contributed by atoms with van der Waals surface area (Å²) < 4.78 is 31.5. The van der Waals surface area contributed by atoms with Crippen LogP contribution in [0.3, 0.4) is 0 Å². The Bertz CT molecular complexity index is 1160. The first-order chi connectivity index (χ1) is 15.0. The third-order valence-corrected chi connectivity index (χ3v) is 7.36. The standard InChI is InChI=1S/C25H36N4O2S/c1-16(2)21-12-22(17(3)4)25(23(13-21)18(5)6)32(30,31)27-10-8-9-20-14-26-24-11-19(7)28-29(24)15-20/h11-18,27H,8-10H2,1-7H3. The zero-order valence-corrected chi connectivity index (χ0v) is 21.1. The zero-order chi connectivity index (χ0) is 23.6. The smallest absolute Gasteiger partial charge is 0.237 e. The normalized spacial score (nSPS) is 12.6. The molecule has 0 saturated carbocycles. The van der Waals surface area contributed by atoms with Crippen molar-refractivity contribution in [2.24, 2.45) is 0 Å². The average Bonchev–Trinajstić information content (AvgIpc) is 3.09. The summed E-state index contributed by atoms with van der Waals surface area (Å²) >= 11 is 0. The van der Waals surface area contributed by atoms with Crippen molar-refractivity contribution in [1.82, 2.24) is 19.3 Å². The minimum Gasteiger partial charge on any atom is -0.237 e. The lowest BCUT2D eigenvalue weighted by atomic mass is 9.89. The quantitative estimate of drug-likeness (QED) is 0.442. The monoisotopic (exact) mass is 456 g/mol. The molecule has 0 amide bonds. The summed E-state index contributed by atoms with van der Waals surface area (Å²) in [6.07, 6.45) is 5.21. The number of nitrogens with one attached hydrogen (secondary N) is 1. The van der Waals surface area contributed by atoms with E-state index >= 15 is 0 Å². The SMILES string of the molecule is Cc1cc2ncc(CCCNS(=O)(=O)c3c(C(C)C)cc(C(C)C)cc3C(C)C)cn2n1. The summed E-state index contributed by atoms with van der Waals surface area (Å²) in [5.41, 5.74) is 5.76. The fourth-order valence-electron chi connectivity index (χ4n) is 3.93. The molecule has 6 nitrogen and oxygen atoms in total. The predicted octanol–water partition coefficient (Wildman–Crippen LogP) is 5.32. The molecule has 2 aromatic heterocycles. The Morgan fingerprint density at radius 2 is 1.59 bits per heavy atom. The maximum absolute atomic E-state index is 13.4. The minimum absolute atomic E-state index is 0.119. The van der Waals surface area contributed by atoms with Crippen LogP contribution in [0.25, 0.3) is 5.65 Å². The van der Waals surface area contributed by atoms with Gasteiger partial charge in [-0.1, -0.05) is 53.7 Å². The van der Waals surface area contributed by atoms with Crippen LogP contribution < -0.4 is 4.72 Å². The van der Waals surface area contributed by atoms with E-state index in [0.29, 0.717) is 23.8 Å². The van der Waals surface area contributed by atoms with Crippen LogP contribution in [-0.4, -0.2) is 29.6 Å². The largest absolute Gasteiger partial charge is 0.241 e. The van der Waals surface area contributed by atoms with Gasteiger partial charge in [0.15, 0.2) is 5.65 Å². The molecular formula is C25H36N4O2S. The van der Waals surface area contributed by atoms with Gasteiger partial charge in [-0.25, -0.2) is 22.6 Å². The maximum atomic E-state index is 13.4. The lowest BCUT2D eigenvalue weighted by molar-refractivity contribution is 0.573. The Hall–Kier alpha value is -2.25. The molecule has 1 aromatic carbocycles. The molecule has 0 aliphatic rings. The van der Waals surface area contributed by atoms with Crippen molar-refractivity contribution in [3.8, 4) is 0 Å². The highest BCUT2D eigenvalue weighted by molar-refractivity contribution is 7.89. The number of rotatable bonds is 9. The Balaban J connectivity index is 1.79. The van der Waals surface area contributed by atoms with E-state index in [1.807, 2.05) is 25.4 Å². The van der Waals surface area contributed by atoms with Crippen LogP contribution in [0.1, 0.15) is 93.7 Å². The van der Waals surface area contributed by atoms with E-state index in [-0.39, 0.29) is 11.8 Å². The van der Waals surface area contributed by atoms with Gasteiger partial charge >= 0.3 is 0 Å². The van der Waals surface area contributed by atoms with Crippen LogP contribution in [0.15, 0.2) is 35.5 Å². The van der Waals surface area contributed by atoms with Gasteiger partial charge in [-0.2, -0.15) is 5.10 Å². The second-order valence-electron chi connectivity index (χ2n) is 9.54. The number of hydrogen-bond acceptors (Lipinski definition) is 4. The summed E-state index contributed by atoms with van der Waals surface area (Å²) in [6.45, 7) is 14.8. The number of aryl methyl sites for hydroxylation is 2. The molecule has 0 aliphatic heterocycles. The third kappa shape index (κ3) is 5.38. The van der Waals surface area contributed by atoms with Gasteiger partial charge in [0.1, 0.15) is 0 Å². The molecule has 174 valence electrons. The second-order valence-corrected chi connectivity index (χ2v) is 11.2. The van der Waals surface area contributed by atoms with E-state index in [4.69, 9.17) is 0 Å². The fourth-order valence-corrected chi connectivity index (χ4v) is 5.70. The molecular weight excluding hydrogens is 420 g/mol. The summed E-state index contributed by atoms with van der Waals surface area (Å²) in [4.78, 5) is 4.88. The van der Waals surface area contributed by atoms with E-state index in [0.717, 1.165) is 34.5 Å². The summed E-state index contributed by atoms with van der Waals surface area (Å²) in [6, 6.07) is 6.08. The molecule has 0 unspecified atom stereocenters. The zero-order valence-electron chi connectivity index (χ0n) is 20.3. The van der Waals surface area contributed by atoms with Crippen LogP contribution in [0.2, 0.25) is 0 Å². The van der Waals surface area contributed by atoms with Crippen LogP contribution in [0, 0.1) is 6.92 Å². The van der Waals surface area contributed by atoms with Gasteiger partial charge in [-0.3, -0.25) is 0 Å². The first-order valence-corrected chi connectivity index (χ1v) is 13.0.